The number of nitrogens with one attached hydrogen (secondary N) is 4. The zero-order valence-electron chi connectivity index (χ0n) is 45.5. The van der Waals surface area contributed by atoms with Crippen molar-refractivity contribution in [3.05, 3.63) is 35.4 Å². The van der Waals surface area contributed by atoms with E-state index in [1.165, 1.54) is 4.90 Å². The van der Waals surface area contributed by atoms with Crippen LogP contribution in [0.15, 0.2) is 39.2 Å². The SMILES string of the molecule is NC(N)=NCCC[C@H](NC(=O)[C@@H]1CC2CCCCC2N1C(=O)[C@H]1c2ccccc2CCN1C(=O)[C@H](CO)NC(=O)CCCCCCCCCCCCNC(=O)[C@H](CCCN=C(N)N)NC(=O)[C@@H](N)CCCN=C(N)N)C(=O)O. The fourth-order valence-corrected chi connectivity index (χ4v) is 10.8. The number of carboxylic acids is 1. The number of nitrogens with zero attached hydrogens (tertiary/aromatic N) is 5. The molecule has 25 nitrogen and oxygen atoms in total. The van der Waals surface area contributed by atoms with Gasteiger partial charge in [-0.2, -0.15) is 0 Å². The predicted molar refractivity (Wildman–Crippen MR) is 298 cm³/mol. The Morgan fingerprint density at radius 2 is 1.22 bits per heavy atom. The van der Waals surface area contributed by atoms with Gasteiger partial charge in [-0.3, -0.25) is 43.7 Å². The molecule has 0 aromatic heterocycles. The molecule has 1 saturated carbocycles. The summed E-state index contributed by atoms with van der Waals surface area (Å²) in [5, 5.41) is 31.6. The molecule has 25 heteroatoms. The maximum Gasteiger partial charge on any atom is 0.326 e. The Balaban J connectivity index is 1.21. The number of nitrogens with two attached hydrogens (primary N) is 7. The minimum atomic E-state index is -1.30. The molecule has 2 fully saturated rings. The number of aliphatic carboxylic acids is 1. The highest BCUT2D eigenvalue weighted by molar-refractivity contribution is 5.97. The number of amides is 6. The molecule has 1 aliphatic carbocycles. The molecule has 0 bridgehead atoms. The third-order valence-corrected chi connectivity index (χ3v) is 14.8. The number of fused-ring (bicyclic) bond motifs is 2. The molecule has 0 radical (unpaired) electrons. The van der Waals surface area contributed by atoms with E-state index in [1.807, 2.05) is 12.1 Å². The van der Waals surface area contributed by atoms with E-state index in [0.29, 0.717) is 83.0 Å². The Morgan fingerprint density at radius 1 is 0.654 bits per heavy atom. The van der Waals surface area contributed by atoms with E-state index in [2.05, 4.69) is 36.2 Å². The molecule has 78 heavy (non-hydrogen) atoms. The van der Waals surface area contributed by atoms with E-state index in [0.717, 1.165) is 82.6 Å². The van der Waals surface area contributed by atoms with Crippen LogP contribution in [0.25, 0.3) is 0 Å². The van der Waals surface area contributed by atoms with Gasteiger partial charge < -0.3 is 81.4 Å². The highest BCUT2D eigenvalue weighted by Crippen LogP contribution is 2.43. The average molecular weight is 1100 g/mol. The average Bonchev–Trinajstić information content (AvgIpc) is 3.92. The lowest BCUT2D eigenvalue weighted by Gasteiger charge is -2.42. The molecular weight excluding hydrogens is 1000 g/mol. The van der Waals surface area contributed by atoms with Crippen molar-refractivity contribution >= 4 is 59.3 Å². The van der Waals surface area contributed by atoms with Crippen LogP contribution in [-0.4, -0.2) is 155 Å². The van der Waals surface area contributed by atoms with Gasteiger partial charge in [0.25, 0.3) is 5.91 Å². The molecule has 20 N–H and O–H groups in total. The van der Waals surface area contributed by atoms with Gasteiger partial charge in [0.15, 0.2) is 17.9 Å². The minimum Gasteiger partial charge on any atom is -0.480 e. The van der Waals surface area contributed by atoms with E-state index < -0.39 is 72.5 Å². The number of hydrogen-bond acceptors (Lipinski definition) is 12. The first-order valence-corrected chi connectivity index (χ1v) is 28.1. The van der Waals surface area contributed by atoms with Crippen LogP contribution in [0.4, 0.5) is 0 Å². The summed E-state index contributed by atoms with van der Waals surface area (Å²) in [6, 6.07) is 0.776. The summed E-state index contributed by atoms with van der Waals surface area (Å²) in [5.74, 6) is -4.18. The number of rotatable bonds is 35. The first kappa shape index (κ1) is 63.8. The number of carboxylic acid groups (broad SMARTS) is 1. The summed E-state index contributed by atoms with van der Waals surface area (Å²) in [6.45, 7) is 0.755. The maximum atomic E-state index is 15.2. The number of aliphatic imine (C=N–C) groups is 3. The lowest BCUT2D eigenvalue weighted by molar-refractivity contribution is -0.153. The summed E-state index contributed by atoms with van der Waals surface area (Å²) in [4.78, 5) is 110. The number of unbranched alkanes of at least 4 members (excludes halogenated alkanes) is 9. The number of aliphatic hydroxyl groups is 1. The fraction of sp³-hybridized carbons (Fsp3) is 0.698. The third-order valence-electron chi connectivity index (χ3n) is 14.8. The molecule has 3 aliphatic rings. The Morgan fingerprint density at radius 3 is 1.82 bits per heavy atom. The van der Waals surface area contributed by atoms with Gasteiger partial charge in [0.05, 0.1) is 12.6 Å². The van der Waals surface area contributed by atoms with Gasteiger partial charge >= 0.3 is 5.97 Å². The monoisotopic (exact) mass is 1090 g/mol. The van der Waals surface area contributed by atoms with Gasteiger partial charge in [0, 0.05) is 45.2 Å². The highest BCUT2D eigenvalue weighted by atomic mass is 16.4. The molecule has 4 rings (SSSR count). The zero-order valence-corrected chi connectivity index (χ0v) is 45.5. The van der Waals surface area contributed by atoms with Gasteiger partial charge in [-0.25, -0.2) is 4.79 Å². The Hall–Kier alpha value is -6.76. The van der Waals surface area contributed by atoms with Crippen LogP contribution in [0.2, 0.25) is 0 Å². The molecule has 1 saturated heterocycles. The Labute approximate surface area is 458 Å². The lowest BCUT2D eigenvalue weighted by Crippen LogP contribution is -2.59. The van der Waals surface area contributed by atoms with Crippen molar-refractivity contribution in [1.82, 2.24) is 31.1 Å². The molecule has 0 spiro atoms. The number of benzene rings is 1. The molecule has 1 aromatic carbocycles. The topological polar surface area (TPSA) is 434 Å². The lowest BCUT2D eigenvalue weighted by atomic mass is 9.84. The molecular formula is C53H90N16O9. The van der Waals surface area contributed by atoms with E-state index in [9.17, 15) is 39.0 Å². The van der Waals surface area contributed by atoms with Crippen molar-refractivity contribution in [2.24, 2.45) is 61.0 Å². The summed E-state index contributed by atoms with van der Waals surface area (Å²) in [6.07, 6.45) is 15.4. The van der Waals surface area contributed by atoms with E-state index >= 15 is 4.79 Å². The molecule has 8 atom stereocenters. The van der Waals surface area contributed by atoms with Crippen LogP contribution in [0.3, 0.4) is 0 Å². The van der Waals surface area contributed by atoms with Gasteiger partial charge in [-0.05, 0) is 94.1 Å². The van der Waals surface area contributed by atoms with Crippen LogP contribution < -0.4 is 61.4 Å². The Kier molecular flexibility index (Phi) is 28.0. The third kappa shape index (κ3) is 21.2. The summed E-state index contributed by atoms with van der Waals surface area (Å²) >= 11 is 0. The summed E-state index contributed by atoms with van der Waals surface area (Å²) in [5.41, 5.74) is 39.9. The second kappa shape index (κ2) is 34.2. The number of aliphatic hydroxyl groups excluding tert-OH is 1. The number of guanidine groups is 3. The second-order valence-electron chi connectivity index (χ2n) is 20.8. The normalized spacial score (nSPS) is 19.1. The van der Waals surface area contributed by atoms with Crippen LogP contribution in [0.5, 0.6) is 0 Å². The van der Waals surface area contributed by atoms with Crippen molar-refractivity contribution in [2.45, 2.75) is 190 Å². The number of hydrogen-bond donors (Lipinski definition) is 13. The first-order chi connectivity index (χ1) is 37.4. The first-order valence-electron chi connectivity index (χ1n) is 28.1. The van der Waals surface area contributed by atoms with Crippen LogP contribution in [0.1, 0.15) is 158 Å². The number of likely N-dealkylation sites (tertiary alicyclic amines) is 1. The van der Waals surface area contributed by atoms with E-state index in [4.69, 9.17) is 40.1 Å². The van der Waals surface area contributed by atoms with E-state index in [1.54, 1.807) is 17.0 Å². The Bertz CT molecular complexity index is 2200. The minimum absolute atomic E-state index is 0.0135. The van der Waals surface area contributed by atoms with Crippen molar-refractivity contribution in [3.8, 4) is 0 Å². The standard InChI is InChI=1S/C53H90N16O9/c54-37(21-15-28-62-51(55)56)45(72)66-38(22-16-29-63-52(57)58)46(73)61-27-14-8-6-4-2-1-3-5-7-9-25-43(71)65-40(33-70)48(75)68-31-26-34-18-10-12-20-36(34)44(68)49(76)69-41-24-13-11-19-35(41)32-42(69)47(74)67-39(50(77)78)23-17-30-64-53(59)60/h10,12,18,20,35,37-42,44,70H,1-9,11,13-17,19,21-33,54H2,(H,61,73)(H,65,71)(H,66,72)(H,67,74)(H,77,78)(H4,55,56,62)(H4,57,58,63)(H4,59,60,64)/t35?,37-,38-,39-,40-,41?,42-,44+/m0/s1. The van der Waals surface area contributed by atoms with Gasteiger partial charge in [0.2, 0.25) is 29.5 Å². The molecule has 6 amide bonds. The second-order valence-corrected chi connectivity index (χ2v) is 20.8. The fourth-order valence-electron chi connectivity index (χ4n) is 10.8. The van der Waals surface area contributed by atoms with Crippen molar-refractivity contribution in [1.29, 1.82) is 0 Å². The molecule has 436 valence electrons. The summed E-state index contributed by atoms with van der Waals surface area (Å²) < 4.78 is 0. The van der Waals surface area contributed by atoms with Crippen molar-refractivity contribution < 1.29 is 43.8 Å². The van der Waals surface area contributed by atoms with Crippen LogP contribution in [0, 0.1) is 5.92 Å². The van der Waals surface area contributed by atoms with Crippen LogP contribution in [-0.2, 0) is 40.0 Å². The molecule has 2 unspecified atom stereocenters. The smallest absolute Gasteiger partial charge is 0.326 e. The largest absolute Gasteiger partial charge is 0.480 e. The highest BCUT2D eigenvalue weighted by Gasteiger charge is 2.51. The zero-order chi connectivity index (χ0) is 57.0. The van der Waals surface area contributed by atoms with Crippen molar-refractivity contribution in [2.75, 3.05) is 39.3 Å². The predicted octanol–water partition coefficient (Wildman–Crippen LogP) is -0.301. The van der Waals surface area contributed by atoms with Gasteiger partial charge in [0.1, 0.15) is 30.2 Å². The number of carbonyl (C=O) groups is 7. The van der Waals surface area contributed by atoms with Crippen LogP contribution >= 0.6 is 0 Å². The molecule has 2 aliphatic heterocycles. The quantitative estimate of drug-likeness (QED) is 0.0236. The molecule has 1 aromatic rings. The van der Waals surface area contributed by atoms with Crippen molar-refractivity contribution in [3.63, 3.8) is 0 Å². The maximum absolute atomic E-state index is 15.2. The molecule has 2 heterocycles. The van der Waals surface area contributed by atoms with Gasteiger partial charge in [-0.15, -0.1) is 0 Å². The number of carbonyl (C=O) groups excluding carboxylic acids is 6. The summed E-state index contributed by atoms with van der Waals surface area (Å²) in [7, 11) is 0. The van der Waals surface area contributed by atoms with Gasteiger partial charge in [-0.1, -0.05) is 88.5 Å². The van der Waals surface area contributed by atoms with E-state index in [-0.39, 0.29) is 67.6 Å².